The summed E-state index contributed by atoms with van der Waals surface area (Å²) >= 11 is 0. The van der Waals surface area contributed by atoms with Crippen LogP contribution in [-0.4, -0.2) is 17.8 Å². The van der Waals surface area contributed by atoms with E-state index in [-0.39, 0.29) is 6.42 Å². The number of hydrogen-bond acceptors (Lipinski definition) is 3. The van der Waals surface area contributed by atoms with Gasteiger partial charge >= 0.3 is 0 Å². The largest absolute Gasteiger partial charge is 0.390 e. The van der Waals surface area contributed by atoms with Crippen LogP contribution in [0.5, 0.6) is 0 Å². The minimum Gasteiger partial charge on any atom is -0.390 e. The maximum atomic E-state index is 9.23. The Morgan fingerprint density at radius 2 is 2.08 bits per heavy atom. The van der Waals surface area contributed by atoms with Gasteiger partial charge in [-0.05, 0) is 12.1 Å². The van der Waals surface area contributed by atoms with Crippen molar-refractivity contribution in [1.82, 2.24) is 0 Å². The van der Waals surface area contributed by atoms with Crippen LogP contribution in [0, 0.1) is 11.3 Å². The Kier molecular flexibility index (Phi) is 3.80. The second kappa shape index (κ2) is 5.18. The maximum Gasteiger partial charge on any atom is 0.0842 e. The second-order valence-electron chi connectivity index (χ2n) is 2.76. The predicted octanol–water partition coefficient (Wildman–Crippen LogP) is 1.37. The number of nitrogens with zero attached hydrogens (tertiary/aromatic N) is 1. The van der Waals surface area contributed by atoms with Gasteiger partial charge in [-0.15, -0.1) is 0 Å². The molecule has 1 aromatic rings. The Balaban J connectivity index is 2.32. The lowest BCUT2D eigenvalue weighted by Gasteiger charge is -2.08. The highest BCUT2D eigenvalue weighted by atomic mass is 16.3. The van der Waals surface area contributed by atoms with E-state index < -0.39 is 6.10 Å². The molecule has 0 saturated carbocycles. The van der Waals surface area contributed by atoms with E-state index in [1.54, 1.807) is 0 Å². The van der Waals surface area contributed by atoms with Crippen LogP contribution in [0.3, 0.4) is 0 Å². The Bertz CT molecular complexity index is 279. The summed E-state index contributed by atoms with van der Waals surface area (Å²) in [5.41, 5.74) is 0.958. The van der Waals surface area contributed by atoms with Gasteiger partial charge in [-0.2, -0.15) is 5.26 Å². The fourth-order valence-corrected chi connectivity index (χ4v) is 0.969. The van der Waals surface area contributed by atoms with E-state index in [4.69, 9.17) is 5.26 Å². The van der Waals surface area contributed by atoms with Crippen LogP contribution in [0.2, 0.25) is 0 Å². The van der Waals surface area contributed by atoms with Gasteiger partial charge in [0.15, 0.2) is 0 Å². The number of nitriles is 1. The molecule has 1 aromatic carbocycles. The molecule has 3 nitrogen and oxygen atoms in total. The van der Waals surface area contributed by atoms with E-state index in [9.17, 15) is 5.11 Å². The molecule has 0 fully saturated rings. The SMILES string of the molecule is N#CCC(O)CNc1ccccc1. The Morgan fingerprint density at radius 3 is 2.69 bits per heavy atom. The topological polar surface area (TPSA) is 56.0 Å². The van der Waals surface area contributed by atoms with Gasteiger partial charge in [-0.3, -0.25) is 0 Å². The number of benzene rings is 1. The highest BCUT2D eigenvalue weighted by Gasteiger charge is 2.01. The summed E-state index contributed by atoms with van der Waals surface area (Å²) in [6.07, 6.45) is -0.426. The van der Waals surface area contributed by atoms with Crippen LogP contribution < -0.4 is 5.32 Å². The molecule has 0 amide bonds. The third-order valence-electron chi connectivity index (χ3n) is 1.64. The van der Waals surface area contributed by atoms with Crippen molar-refractivity contribution in [2.24, 2.45) is 0 Å². The van der Waals surface area contributed by atoms with Crippen LogP contribution in [0.4, 0.5) is 5.69 Å². The number of nitrogens with one attached hydrogen (secondary N) is 1. The van der Waals surface area contributed by atoms with Crippen molar-refractivity contribution in [3.05, 3.63) is 30.3 Å². The van der Waals surface area contributed by atoms with Gasteiger partial charge in [0, 0.05) is 12.2 Å². The highest BCUT2D eigenvalue weighted by Crippen LogP contribution is 2.04. The third-order valence-corrected chi connectivity index (χ3v) is 1.64. The van der Waals surface area contributed by atoms with E-state index >= 15 is 0 Å². The van der Waals surface area contributed by atoms with Gasteiger partial charge in [-0.1, -0.05) is 18.2 Å². The first-order valence-corrected chi connectivity index (χ1v) is 4.17. The number of rotatable bonds is 4. The second-order valence-corrected chi connectivity index (χ2v) is 2.76. The summed E-state index contributed by atoms with van der Waals surface area (Å²) in [4.78, 5) is 0. The zero-order valence-corrected chi connectivity index (χ0v) is 7.27. The molecule has 1 atom stereocenters. The molecule has 13 heavy (non-hydrogen) atoms. The van der Waals surface area contributed by atoms with Gasteiger partial charge in [0.2, 0.25) is 0 Å². The minimum absolute atomic E-state index is 0.167. The molecular formula is C10H12N2O. The van der Waals surface area contributed by atoms with Crippen LogP contribution >= 0.6 is 0 Å². The molecule has 0 heterocycles. The van der Waals surface area contributed by atoms with Gasteiger partial charge in [0.1, 0.15) is 0 Å². The average Bonchev–Trinajstić information content (AvgIpc) is 2.17. The molecule has 0 aliphatic rings. The lowest BCUT2D eigenvalue weighted by Crippen LogP contribution is -2.18. The summed E-state index contributed by atoms with van der Waals surface area (Å²) < 4.78 is 0. The number of anilines is 1. The van der Waals surface area contributed by atoms with E-state index in [0.717, 1.165) is 5.69 Å². The molecule has 68 valence electrons. The Morgan fingerprint density at radius 1 is 1.38 bits per heavy atom. The quantitative estimate of drug-likeness (QED) is 0.728. The molecule has 0 saturated heterocycles. The number of aliphatic hydroxyl groups excluding tert-OH is 1. The molecule has 0 aliphatic heterocycles. The van der Waals surface area contributed by atoms with Gasteiger partial charge in [0.25, 0.3) is 0 Å². The smallest absolute Gasteiger partial charge is 0.0842 e. The summed E-state index contributed by atoms with van der Waals surface area (Å²) in [5.74, 6) is 0. The zero-order valence-electron chi connectivity index (χ0n) is 7.27. The molecule has 0 spiro atoms. The normalized spacial score (nSPS) is 11.7. The number of aliphatic hydroxyl groups is 1. The van der Waals surface area contributed by atoms with Crippen molar-refractivity contribution < 1.29 is 5.11 Å². The van der Waals surface area contributed by atoms with Crippen molar-refractivity contribution in [3.63, 3.8) is 0 Å². The summed E-state index contributed by atoms with van der Waals surface area (Å²) in [6.45, 7) is 0.414. The van der Waals surface area contributed by atoms with Gasteiger partial charge < -0.3 is 10.4 Å². The number of para-hydroxylation sites is 1. The van der Waals surface area contributed by atoms with Crippen LogP contribution in [0.25, 0.3) is 0 Å². The maximum absolute atomic E-state index is 9.23. The molecule has 2 N–H and O–H groups in total. The monoisotopic (exact) mass is 176 g/mol. The van der Waals surface area contributed by atoms with Gasteiger partial charge in [0.05, 0.1) is 18.6 Å². The molecule has 0 aromatic heterocycles. The Hall–Kier alpha value is -1.53. The van der Waals surface area contributed by atoms with E-state index in [2.05, 4.69) is 5.32 Å². The Labute approximate surface area is 77.6 Å². The highest BCUT2D eigenvalue weighted by molar-refractivity contribution is 5.42. The van der Waals surface area contributed by atoms with Crippen molar-refractivity contribution in [1.29, 1.82) is 5.26 Å². The first-order chi connectivity index (χ1) is 6.33. The molecule has 3 heteroatoms. The van der Waals surface area contributed by atoms with Crippen molar-refractivity contribution in [2.45, 2.75) is 12.5 Å². The number of hydrogen-bond donors (Lipinski definition) is 2. The minimum atomic E-state index is -0.592. The zero-order chi connectivity index (χ0) is 9.52. The first kappa shape index (κ1) is 9.56. The molecular weight excluding hydrogens is 164 g/mol. The molecule has 0 bridgehead atoms. The predicted molar refractivity (Wildman–Crippen MR) is 51.2 cm³/mol. The van der Waals surface area contributed by atoms with E-state index in [0.29, 0.717) is 6.54 Å². The standard InChI is InChI=1S/C10H12N2O/c11-7-6-10(13)8-12-9-4-2-1-3-5-9/h1-5,10,12-13H,6,8H2. The van der Waals surface area contributed by atoms with Crippen molar-refractivity contribution in [3.8, 4) is 6.07 Å². The first-order valence-electron chi connectivity index (χ1n) is 4.17. The third kappa shape index (κ3) is 3.59. The lowest BCUT2D eigenvalue weighted by molar-refractivity contribution is 0.193. The van der Waals surface area contributed by atoms with E-state index in [1.807, 2.05) is 36.4 Å². The van der Waals surface area contributed by atoms with Crippen LogP contribution in [0.15, 0.2) is 30.3 Å². The van der Waals surface area contributed by atoms with Crippen LogP contribution in [0.1, 0.15) is 6.42 Å². The van der Waals surface area contributed by atoms with Crippen molar-refractivity contribution >= 4 is 5.69 Å². The van der Waals surface area contributed by atoms with Crippen LogP contribution in [-0.2, 0) is 0 Å². The van der Waals surface area contributed by atoms with Crippen molar-refractivity contribution in [2.75, 3.05) is 11.9 Å². The van der Waals surface area contributed by atoms with Gasteiger partial charge in [-0.25, -0.2) is 0 Å². The summed E-state index contributed by atoms with van der Waals surface area (Å²) in [6, 6.07) is 11.5. The summed E-state index contributed by atoms with van der Waals surface area (Å²) in [5, 5.41) is 20.5. The molecule has 0 radical (unpaired) electrons. The average molecular weight is 176 g/mol. The lowest BCUT2D eigenvalue weighted by atomic mass is 10.2. The van der Waals surface area contributed by atoms with E-state index in [1.165, 1.54) is 0 Å². The molecule has 0 aliphatic carbocycles. The fraction of sp³-hybridized carbons (Fsp3) is 0.300. The fourth-order valence-electron chi connectivity index (χ4n) is 0.969. The molecule has 1 rings (SSSR count). The molecule has 1 unspecified atom stereocenters. The summed E-state index contributed by atoms with van der Waals surface area (Å²) in [7, 11) is 0.